The maximum atomic E-state index is 12.1. The predicted octanol–water partition coefficient (Wildman–Crippen LogP) is 3.14. The van der Waals surface area contributed by atoms with Gasteiger partial charge in [-0.15, -0.1) is 6.42 Å². The Kier molecular flexibility index (Phi) is 5.07. The van der Waals surface area contributed by atoms with Crippen molar-refractivity contribution in [3.63, 3.8) is 0 Å². The second kappa shape index (κ2) is 7.00. The average Bonchev–Trinajstić information content (AvgIpc) is 2.75. The third-order valence-electron chi connectivity index (χ3n) is 2.82. The molecule has 2 rings (SSSR count). The van der Waals surface area contributed by atoms with Crippen LogP contribution >= 0.6 is 11.8 Å². The van der Waals surface area contributed by atoms with Gasteiger partial charge in [-0.25, -0.2) is 0 Å². The van der Waals surface area contributed by atoms with E-state index in [-0.39, 0.29) is 17.8 Å². The molecule has 1 aliphatic rings. The van der Waals surface area contributed by atoms with E-state index in [2.05, 4.69) is 5.92 Å². The summed E-state index contributed by atoms with van der Waals surface area (Å²) in [5, 5.41) is -0.206. The van der Waals surface area contributed by atoms with Crippen LogP contribution in [0, 0.1) is 12.3 Å². The van der Waals surface area contributed by atoms with E-state index in [4.69, 9.17) is 11.2 Å². The molecule has 21 heavy (non-hydrogen) atoms. The van der Waals surface area contributed by atoms with E-state index in [1.54, 1.807) is 18.2 Å². The van der Waals surface area contributed by atoms with Gasteiger partial charge in [0.2, 0.25) is 0 Å². The number of carbonyl (C=O) groups is 2. The first-order chi connectivity index (χ1) is 10.2. The van der Waals surface area contributed by atoms with Crippen LogP contribution in [0.25, 0.3) is 6.08 Å². The molecule has 5 heteroatoms. The molecular formula is C16H15NO3S. The number of benzene rings is 1. The molecule has 1 heterocycles. The van der Waals surface area contributed by atoms with Gasteiger partial charge in [0.05, 0.1) is 4.91 Å². The molecule has 1 aromatic carbocycles. The van der Waals surface area contributed by atoms with E-state index in [1.165, 1.54) is 4.90 Å². The first-order valence-electron chi connectivity index (χ1n) is 6.57. The third kappa shape index (κ3) is 3.67. The summed E-state index contributed by atoms with van der Waals surface area (Å²) in [5.74, 6) is 2.84. The number of ether oxygens (including phenoxy) is 1. The smallest absolute Gasteiger partial charge is 0.293 e. The van der Waals surface area contributed by atoms with Crippen molar-refractivity contribution in [3.05, 3.63) is 34.7 Å². The Morgan fingerprint density at radius 3 is 2.67 bits per heavy atom. The molecule has 0 atom stereocenters. The minimum absolute atomic E-state index is 0.206. The van der Waals surface area contributed by atoms with Gasteiger partial charge in [-0.2, -0.15) is 0 Å². The lowest BCUT2D eigenvalue weighted by Crippen LogP contribution is -2.28. The lowest BCUT2D eigenvalue weighted by atomic mass is 10.2. The van der Waals surface area contributed by atoms with Crippen molar-refractivity contribution in [2.24, 2.45) is 0 Å². The molecule has 0 N–H and O–H groups in total. The molecule has 0 aliphatic carbocycles. The van der Waals surface area contributed by atoms with Gasteiger partial charge < -0.3 is 4.74 Å². The maximum absolute atomic E-state index is 12.1. The maximum Gasteiger partial charge on any atom is 0.293 e. The van der Waals surface area contributed by atoms with Crippen molar-refractivity contribution >= 4 is 29.0 Å². The van der Waals surface area contributed by atoms with Crippen molar-refractivity contribution in [1.29, 1.82) is 0 Å². The second-order valence-corrected chi connectivity index (χ2v) is 5.39. The molecule has 0 spiro atoms. The van der Waals surface area contributed by atoms with Crippen molar-refractivity contribution in [2.45, 2.75) is 13.3 Å². The van der Waals surface area contributed by atoms with E-state index < -0.39 is 0 Å². The quantitative estimate of drug-likeness (QED) is 0.619. The lowest BCUT2D eigenvalue weighted by Gasteiger charge is -2.09. The van der Waals surface area contributed by atoms with Crippen LogP contribution in [0.4, 0.5) is 4.79 Å². The molecule has 2 amide bonds. The van der Waals surface area contributed by atoms with Gasteiger partial charge in [0, 0.05) is 6.54 Å². The summed E-state index contributed by atoms with van der Waals surface area (Å²) in [4.78, 5) is 25.6. The number of imide groups is 1. The topological polar surface area (TPSA) is 46.6 Å². The highest BCUT2D eigenvalue weighted by Crippen LogP contribution is 2.32. The highest BCUT2D eigenvalue weighted by Gasteiger charge is 2.34. The van der Waals surface area contributed by atoms with Crippen molar-refractivity contribution < 1.29 is 14.3 Å². The second-order valence-electron chi connectivity index (χ2n) is 4.40. The van der Waals surface area contributed by atoms with Gasteiger partial charge in [-0.1, -0.05) is 25.0 Å². The summed E-state index contributed by atoms with van der Waals surface area (Å²) in [5.41, 5.74) is 0.838. The Balaban J connectivity index is 2.11. The Bertz CT molecular complexity index is 613. The number of carbonyl (C=O) groups excluding carboxylic acids is 2. The van der Waals surface area contributed by atoms with Gasteiger partial charge in [0.1, 0.15) is 12.4 Å². The Morgan fingerprint density at radius 1 is 1.33 bits per heavy atom. The van der Waals surface area contributed by atoms with Crippen LogP contribution < -0.4 is 4.74 Å². The number of rotatable bonds is 5. The third-order valence-corrected chi connectivity index (χ3v) is 3.73. The van der Waals surface area contributed by atoms with Crippen molar-refractivity contribution in [1.82, 2.24) is 4.90 Å². The fourth-order valence-corrected chi connectivity index (χ4v) is 2.72. The summed E-state index contributed by atoms with van der Waals surface area (Å²) >= 11 is 0.975. The standard InChI is InChI=1S/C16H15NO3S/c1-3-9-17-15(18)14(21-16(17)19)11-12-5-7-13(8-6-12)20-10-4-2/h2,5-8,11H,3,9-10H2,1H3/b14-11+. The van der Waals surface area contributed by atoms with Crippen LogP contribution in [0.1, 0.15) is 18.9 Å². The SMILES string of the molecule is C#CCOc1ccc(/C=C2/SC(=O)N(CCC)C2=O)cc1. The Labute approximate surface area is 128 Å². The van der Waals surface area contributed by atoms with Gasteiger partial charge in [-0.05, 0) is 42.0 Å². The monoisotopic (exact) mass is 301 g/mol. The zero-order chi connectivity index (χ0) is 15.2. The first kappa shape index (κ1) is 15.2. The number of thioether (sulfide) groups is 1. The van der Waals surface area contributed by atoms with Crippen LogP contribution in [-0.2, 0) is 4.79 Å². The minimum atomic E-state index is -0.223. The van der Waals surface area contributed by atoms with Crippen LogP contribution in [-0.4, -0.2) is 29.2 Å². The van der Waals surface area contributed by atoms with Crippen molar-refractivity contribution in [2.75, 3.05) is 13.2 Å². The highest BCUT2D eigenvalue weighted by atomic mass is 32.2. The zero-order valence-electron chi connectivity index (χ0n) is 11.7. The van der Waals surface area contributed by atoms with E-state index >= 15 is 0 Å². The molecule has 1 aromatic rings. The van der Waals surface area contributed by atoms with Gasteiger partial charge in [0.25, 0.3) is 11.1 Å². The summed E-state index contributed by atoms with van der Waals surface area (Å²) in [6, 6.07) is 7.19. The van der Waals surface area contributed by atoms with Gasteiger partial charge in [-0.3, -0.25) is 14.5 Å². The molecule has 0 radical (unpaired) electrons. The number of hydrogen-bond acceptors (Lipinski definition) is 4. The first-order valence-corrected chi connectivity index (χ1v) is 7.39. The molecule has 0 bridgehead atoms. The highest BCUT2D eigenvalue weighted by molar-refractivity contribution is 8.18. The Hall–Kier alpha value is -2.19. The van der Waals surface area contributed by atoms with Crippen LogP contribution in [0.2, 0.25) is 0 Å². The van der Waals surface area contributed by atoms with Crippen LogP contribution in [0.5, 0.6) is 5.75 Å². The normalized spacial score (nSPS) is 16.4. The summed E-state index contributed by atoms with van der Waals surface area (Å²) in [6.07, 6.45) is 7.59. The summed E-state index contributed by atoms with van der Waals surface area (Å²) in [7, 11) is 0. The molecular weight excluding hydrogens is 286 g/mol. The number of nitrogens with zero attached hydrogens (tertiary/aromatic N) is 1. The predicted molar refractivity (Wildman–Crippen MR) is 83.7 cm³/mol. The fourth-order valence-electron chi connectivity index (χ4n) is 1.85. The zero-order valence-corrected chi connectivity index (χ0v) is 12.5. The molecule has 1 fully saturated rings. The van der Waals surface area contributed by atoms with Crippen LogP contribution in [0.15, 0.2) is 29.2 Å². The minimum Gasteiger partial charge on any atom is -0.481 e. The Morgan fingerprint density at radius 2 is 2.05 bits per heavy atom. The average molecular weight is 301 g/mol. The molecule has 0 unspecified atom stereocenters. The van der Waals surface area contributed by atoms with E-state index in [1.807, 2.05) is 19.1 Å². The van der Waals surface area contributed by atoms with Crippen LogP contribution in [0.3, 0.4) is 0 Å². The molecule has 1 aliphatic heterocycles. The molecule has 0 aromatic heterocycles. The largest absolute Gasteiger partial charge is 0.481 e. The molecule has 108 valence electrons. The van der Waals surface area contributed by atoms with E-state index in [0.717, 1.165) is 23.7 Å². The molecule has 1 saturated heterocycles. The summed E-state index contributed by atoms with van der Waals surface area (Å²) in [6.45, 7) is 2.61. The van der Waals surface area contributed by atoms with E-state index in [0.29, 0.717) is 17.2 Å². The molecule has 0 saturated carbocycles. The lowest BCUT2D eigenvalue weighted by molar-refractivity contribution is -0.122. The van der Waals surface area contributed by atoms with Gasteiger partial charge >= 0.3 is 0 Å². The number of hydrogen-bond donors (Lipinski definition) is 0. The summed E-state index contributed by atoms with van der Waals surface area (Å²) < 4.78 is 5.28. The fraction of sp³-hybridized carbons (Fsp3) is 0.250. The van der Waals surface area contributed by atoms with E-state index in [9.17, 15) is 9.59 Å². The van der Waals surface area contributed by atoms with Crippen molar-refractivity contribution in [3.8, 4) is 18.1 Å². The number of amides is 2. The number of terminal acetylenes is 1. The van der Waals surface area contributed by atoms with Gasteiger partial charge in [0.15, 0.2) is 0 Å². The molecule has 4 nitrogen and oxygen atoms in total.